The molecule has 0 unspecified atom stereocenters. The smallest absolute Gasteiger partial charge is 0.294 e. The molecule has 9 nitrogen and oxygen atoms in total. The van der Waals surface area contributed by atoms with Crippen molar-refractivity contribution < 1.29 is 14.3 Å². The Morgan fingerprint density at radius 1 is 1.09 bits per heavy atom. The molecule has 1 aliphatic rings. The SMILES string of the molecule is Cc1ccc(Oc2cnn(C)c(=O)c2Nc2ccc(C(=O)NCCN3CCOCC3)cc2)c(C)c1. The zero-order valence-electron chi connectivity index (χ0n) is 20.3. The molecule has 184 valence electrons. The Labute approximate surface area is 204 Å². The van der Waals surface area contributed by atoms with Crippen molar-refractivity contribution in [1.82, 2.24) is 20.0 Å². The summed E-state index contributed by atoms with van der Waals surface area (Å²) >= 11 is 0. The van der Waals surface area contributed by atoms with E-state index in [2.05, 4.69) is 20.6 Å². The molecule has 0 radical (unpaired) electrons. The molecular weight excluding hydrogens is 446 g/mol. The minimum Gasteiger partial charge on any atom is -0.453 e. The Morgan fingerprint density at radius 2 is 1.83 bits per heavy atom. The molecule has 1 saturated heterocycles. The maximum Gasteiger partial charge on any atom is 0.294 e. The third-order valence-electron chi connectivity index (χ3n) is 5.89. The second-order valence-electron chi connectivity index (χ2n) is 8.60. The second kappa shape index (κ2) is 11.2. The van der Waals surface area contributed by atoms with Gasteiger partial charge in [-0.05, 0) is 49.7 Å². The van der Waals surface area contributed by atoms with E-state index in [1.807, 2.05) is 32.0 Å². The molecule has 1 fully saturated rings. The Kier molecular flexibility index (Phi) is 7.79. The molecule has 4 rings (SSSR count). The molecule has 1 aliphatic heterocycles. The van der Waals surface area contributed by atoms with Crippen molar-refractivity contribution in [3.05, 3.63) is 75.7 Å². The number of aryl methyl sites for hydroxylation is 3. The van der Waals surface area contributed by atoms with Gasteiger partial charge in [0.1, 0.15) is 5.75 Å². The van der Waals surface area contributed by atoms with Crippen LogP contribution in [0, 0.1) is 13.8 Å². The number of nitrogens with zero attached hydrogens (tertiary/aromatic N) is 3. The minimum absolute atomic E-state index is 0.136. The molecule has 3 aromatic rings. The van der Waals surface area contributed by atoms with E-state index in [1.165, 1.54) is 10.9 Å². The molecule has 0 aliphatic carbocycles. The van der Waals surface area contributed by atoms with Gasteiger partial charge in [0.05, 0.1) is 19.4 Å². The number of amides is 1. The number of rotatable bonds is 8. The maximum atomic E-state index is 12.8. The lowest BCUT2D eigenvalue weighted by atomic mass is 10.1. The molecule has 0 saturated carbocycles. The first kappa shape index (κ1) is 24.4. The van der Waals surface area contributed by atoms with E-state index in [0.717, 1.165) is 44.0 Å². The van der Waals surface area contributed by atoms with Gasteiger partial charge in [0.2, 0.25) is 0 Å². The van der Waals surface area contributed by atoms with E-state index in [0.29, 0.717) is 29.3 Å². The number of anilines is 2. The summed E-state index contributed by atoms with van der Waals surface area (Å²) in [5.74, 6) is 0.839. The van der Waals surface area contributed by atoms with E-state index in [9.17, 15) is 9.59 Å². The van der Waals surface area contributed by atoms with Gasteiger partial charge in [-0.15, -0.1) is 0 Å². The van der Waals surface area contributed by atoms with E-state index in [4.69, 9.17) is 9.47 Å². The number of carbonyl (C=O) groups excluding carboxylic acids is 1. The molecule has 2 aromatic carbocycles. The number of ether oxygens (including phenoxy) is 2. The summed E-state index contributed by atoms with van der Waals surface area (Å²) in [7, 11) is 1.58. The minimum atomic E-state index is -0.322. The van der Waals surface area contributed by atoms with Crippen molar-refractivity contribution in [3.63, 3.8) is 0 Å². The van der Waals surface area contributed by atoms with Crippen molar-refractivity contribution in [1.29, 1.82) is 0 Å². The fourth-order valence-electron chi connectivity index (χ4n) is 3.85. The molecule has 1 amide bonds. The number of aromatic nitrogens is 2. The molecule has 1 aromatic heterocycles. The van der Waals surface area contributed by atoms with Crippen molar-refractivity contribution in [3.8, 4) is 11.5 Å². The highest BCUT2D eigenvalue weighted by molar-refractivity contribution is 5.94. The summed E-state index contributed by atoms with van der Waals surface area (Å²) in [6.45, 7) is 8.58. The van der Waals surface area contributed by atoms with E-state index < -0.39 is 0 Å². The van der Waals surface area contributed by atoms with Crippen LogP contribution in [-0.4, -0.2) is 60.0 Å². The lowest BCUT2D eigenvalue weighted by Crippen LogP contribution is -2.41. The monoisotopic (exact) mass is 477 g/mol. The first-order chi connectivity index (χ1) is 16.9. The second-order valence-corrected chi connectivity index (χ2v) is 8.60. The number of morpholine rings is 1. The summed E-state index contributed by atoms with van der Waals surface area (Å²) in [4.78, 5) is 27.6. The fraction of sp³-hybridized carbons (Fsp3) is 0.346. The van der Waals surface area contributed by atoms with E-state index >= 15 is 0 Å². The molecular formula is C26H31N5O4. The highest BCUT2D eigenvalue weighted by Gasteiger charge is 2.15. The van der Waals surface area contributed by atoms with Crippen LogP contribution in [0.3, 0.4) is 0 Å². The summed E-state index contributed by atoms with van der Waals surface area (Å²) < 4.78 is 12.6. The normalized spacial score (nSPS) is 13.9. The summed E-state index contributed by atoms with van der Waals surface area (Å²) in [5, 5.41) is 10.2. The van der Waals surface area contributed by atoms with Crippen molar-refractivity contribution in [2.45, 2.75) is 13.8 Å². The molecule has 0 spiro atoms. The molecule has 0 bridgehead atoms. The van der Waals surface area contributed by atoms with Gasteiger partial charge in [-0.2, -0.15) is 5.10 Å². The Balaban J connectivity index is 1.43. The Morgan fingerprint density at radius 3 is 2.54 bits per heavy atom. The number of nitrogens with one attached hydrogen (secondary N) is 2. The number of hydrogen-bond donors (Lipinski definition) is 2. The quantitative estimate of drug-likeness (QED) is 0.515. The zero-order chi connectivity index (χ0) is 24.8. The van der Waals surface area contributed by atoms with Crippen LogP contribution in [0.4, 0.5) is 11.4 Å². The Hall–Kier alpha value is -3.69. The maximum absolute atomic E-state index is 12.8. The van der Waals surface area contributed by atoms with Crippen LogP contribution in [-0.2, 0) is 11.8 Å². The average Bonchev–Trinajstić information content (AvgIpc) is 2.86. The highest BCUT2D eigenvalue weighted by Crippen LogP contribution is 2.30. The molecule has 35 heavy (non-hydrogen) atoms. The van der Waals surface area contributed by atoms with Crippen molar-refractivity contribution >= 4 is 17.3 Å². The summed E-state index contributed by atoms with van der Waals surface area (Å²) in [5.41, 5.74) is 3.24. The van der Waals surface area contributed by atoms with Gasteiger partial charge < -0.3 is 20.1 Å². The molecule has 2 N–H and O–H groups in total. The van der Waals surface area contributed by atoms with Crippen LogP contribution >= 0.6 is 0 Å². The third-order valence-corrected chi connectivity index (χ3v) is 5.89. The predicted molar refractivity (Wildman–Crippen MR) is 135 cm³/mol. The number of carbonyl (C=O) groups is 1. The van der Waals surface area contributed by atoms with Crippen molar-refractivity contribution in [2.24, 2.45) is 7.05 Å². The molecule has 9 heteroatoms. The average molecular weight is 478 g/mol. The van der Waals surface area contributed by atoms with Crippen LogP contribution in [0.15, 0.2) is 53.5 Å². The van der Waals surface area contributed by atoms with Crippen LogP contribution in [0.5, 0.6) is 11.5 Å². The Bertz CT molecular complexity index is 1230. The first-order valence-electron chi connectivity index (χ1n) is 11.7. The lowest BCUT2D eigenvalue weighted by molar-refractivity contribution is 0.0383. The van der Waals surface area contributed by atoms with Gasteiger partial charge in [-0.25, -0.2) is 4.68 Å². The third kappa shape index (κ3) is 6.26. The zero-order valence-corrected chi connectivity index (χ0v) is 20.3. The van der Waals surface area contributed by atoms with E-state index in [-0.39, 0.29) is 17.2 Å². The summed E-state index contributed by atoms with van der Waals surface area (Å²) in [6.07, 6.45) is 1.51. The number of benzene rings is 2. The van der Waals surface area contributed by atoms with Crippen LogP contribution in [0.25, 0.3) is 0 Å². The molecule has 0 atom stereocenters. The number of hydrogen-bond acceptors (Lipinski definition) is 7. The predicted octanol–water partition coefficient (Wildman–Crippen LogP) is 3.00. The van der Waals surface area contributed by atoms with Gasteiger partial charge in [0, 0.05) is 44.5 Å². The van der Waals surface area contributed by atoms with Gasteiger partial charge in [-0.1, -0.05) is 17.7 Å². The standard InChI is InChI=1S/C26H31N5O4/c1-18-4-9-22(19(2)16-18)35-23-17-28-30(3)26(33)24(23)29-21-7-5-20(6-8-21)25(32)27-10-11-31-12-14-34-15-13-31/h4-9,16-17,29H,10-15H2,1-3H3,(H,27,32). The van der Waals surface area contributed by atoms with Gasteiger partial charge >= 0.3 is 0 Å². The van der Waals surface area contributed by atoms with Crippen molar-refractivity contribution in [2.75, 3.05) is 44.7 Å². The largest absolute Gasteiger partial charge is 0.453 e. The van der Waals surface area contributed by atoms with Crippen LogP contribution in [0.2, 0.25) is 0 Å². The van der Waals surface area contributed by atoms with E-state index in [1.54, 1.807) is 31.3 Å². The summed E-state index contributed by atoms with van der Waals surface area (Å²) in [6, 6.07) is 12.8. The van der Waals surface area contributed by atoms with Crippen LogP contribution < -0.4 is 20.9 Å². The van der Waals surface area contributed by atoms with Gasteiger partial charge in [-0.3, -0.25) is 14.5 Å². The van der Waals surface area contributed by atoms with Gasteiger partial charge in [0.15, 0.2) is 11.4 Å². The highest BCUT2D eigenvalue weighted by atomic mass is 16.5. The molecule has 2 heterocycles. The lowest BCUT2D eigenvalue weighted by Gasteiger charge is -2.26. The topological polar surface area (TPSA) is 97.7 Å². The van der Waals surface area contributed by atoms with Crippen LogP contribution in [0.1, 0.15) is 21.5 Å². The van der Waals surface area contributed by atoms with Gasteiger partial charge in [0.25, 0.3) is 11.5 Å². The first-order valence-corrected chi connectivity index (χ1v) is 11.7. The fourth-order valence-corrected chi connectivity index (χ4v) is 3.85.